The molecule has 0 spiro atoms. The van der Waals surface area contributed by atoms with E-state index in [9.17, 15) is 5.11 Å². The predicted octanol–water partition coefficient (Wildman–Crippen LogP) is 3.69. The lowest BCUT2D eigenvalue weighted by Gasteiger charge is -2.31. The second-order valence-corrected chi connectivity index (χ2v) is 6.66. The number of aliphatic hydroxyl groups excluding tert-OH is 1. The van der Waals surface area contributed by atoms with Crippen molar-refractivity contribution in [2.75, 3.05) is 24.6 Å². The minimum Gasteiger partial charge on any atom is -0.395 e. The van der Waals surface area contributed by atoms with E-state index in [4.69, 9.17) is 0 Å². The van der Waals surface area contributed by atoms with Gasteiger partial charge in [0, 0.05) is 29.3 Å². The third kappa shape index (κ3) is 4.70. The van der Waals surface area contributed by atoms with Gasteiger partial charge in [0.05, 0.1) is 6.61 Å². The number of nitrogens with zero attached hydrogens (tertiary/aromatic N) is 1. The minimum atomic E-state index is 0.216. The Labute approximate surface area is 136 Å². The molecule has 0 radical (unpaired) electrons. The number of hydrogen-bond donors (Lipinski definition) is 2. The molecule has 0 saturated heterocycles. The van der Waals surface area contributed by atoms with Crippen LogP contribution in [0.25, 0.3) is 0 Å². The summed E-state index contributed by atoms with van der Waals surface area (Å²) in [5, 5.41) is 12.8. The van der Waals surface area contributed by atoms with Crippen LogP contribution < -0.4 is 10.2 Å². The molecule has 1 aromatic carbocycles. The van der Waals surface area contributed by atoms with Crippen LogP contribution in [0.15, 0.2) is 22.7 Å². The highest BCUT2D eigenvalue weighted by Gasteiger charge is 2.22. The van der Waals surface area contributed by atoms with Gasteiger partial charge in [-0.3, -0.25) is 0 Å². The van der Waals surface area contributed by atoms with Gasteiger partial charge in [-0.1, -0.05) is 41.8 Å². The maximum Gasteiger partial charge on any atom is 0.0606 e. The van der Waals surface area contributed by atoms with Gasteiger partial charge >= 0.3 is 0 Å². The molecule has 1 saturated carbocycles. The number of nitrogens with one attached hydrogen (secondary N) is 1. The maximum absolute atomic E-state index is 9.36. The van der Waals surface area contributed by atoms with Crippen LogP contribution in [0.2, 0.25) is 0 Å². The Kier molecular flexibility index (Phi) is 7.00. The number of anilines is 1. The Balaban J connectivity index is 2.08. The van der Waals surface area contributed by atoms with Crippen molar-refractivity contribution in [1.29, 1.82) is 0 Å². The van der Waals surface area contributed by atoms with Crippen LogP contribution in [0, 0.1) is 0 Å². The van der Waals surface area contributed by atoms with Crippen molar-refractivity contribution in [2.24, 2.45) is 0 Å². The Morgan fingerprint density at radius 1 is 1.33 bits per heavy atom. The van der Waals surface area contributed by atoms with Crippen LogP contribution in [0.1, 0.15) is 44.6 Å². The number of halogens is 1. The summed E-state index contributed by atoms with van der Waals surface area (Å²) in [6, 6.07) is 7.19. The van der Waals surface area contributed by atoms with Crippen molar-refractivity contribution < 1.29 is 5.11 Å². The molecule has 0 bridgehead atoms. The first-order valence-corrected chi connectivity index (χ1v) is 8.92. The van der Waals surface area contributed by atoms with Gasteiger partial charge in [-0.15, -0.1) is 0 Å². The third-order valence-electron chi connectivity index (χ3n) is 4.22. The standard InChI is InChI=1S/C17H27BrN2O/c1-2-9-19-13-14-7-8-16(12-17(14)18)20(10-11-21)15-5-3-4-6-15/h7-8,12,15,19,21H,2-6,9-11,13H2,1H3. The van der Waals surface area contributed by atoms with Gasteiger partial charge in [0.2, 0.25) is 0 Å². The normalized spacial score (nSPS) is 15.6. The highest BCUT2D eigenvalue weighted by molar-refractivity contribution is 9.10. The lowest BCUT2D eigenvalue weighted by atomic mass is 10.1. The fourth-order valence-electron chi connectivity index (χ4n) is 3.10. The molecule has 3 nitrogen and oxygen atoms in total. The summed E-state index contributed by atoms with van der Waals surface area (Å²) in [6.45, 7) is 5.07. The molecule has 0 amide bonds. The average molecular weight is 355 g/mol. The zero-order valence-corrected chi connectivity index (χ0v) is 14.5. The van der Waals surface area contributed by atoms with Crippen LogP contribution in [-0.2, 0) is 6.54 Å². The maximum atomic E-state index is 9.36. The molecule has 1 aromatic rings. The van der Waals surface area contributed by atoms with Gasteiger partial charge < -0.3 is 15.3 Å². The zero-order valence-electron chi connectivity index (χ0n) is 12.9. The summed E-state index contributed by atoms with van der Waals surface area (Å²) in [4.78, 5) is 2.38. The first-order chi connectivity index (χ1) is 10.3. The Morgan fingerprint density at radius 3 is 2.71 bits per heavy atom. The highest BCUT2D eigenvalue weighted by atomic mass is 79.9. The van der Waals surface area contributed by atoms with Gasteiger partial charge in [0.15, 0.2) is 0 Å². The fourth-order valence-corrected chi connectivity index (χ4v) is 3.61. The number of aliphatic hydroxyl groups is 1. The first kappa shape index (κ1) is 16.8. The van der Waals surface area contributed by atoms with Crippen molar-refractivity contribution in [1.82, 2.24) is 5.32 Å². The molecular weight excluding hydrogens is 328 g/mol. The monoisotopic (exact) mass is 354 g/mol. The third-order valence-corrected chi connectivity index (χ3v) is 4.96. The van der Waals surface area contributed by atoms with Crippen molar-refractivity contribution >= 4 is 21.6 Å². The van der Waals surface area contributed by atoms with Crippen LogP contribution >= 0.6 is 15.9 Å². The average Bonchev–Trinajstić information content (AvgIpc) is 3.00. The first-order valence-electron chi connectivity index (χ1n) is 8.13. The summed E-state index contributed by atoms with van der Waals surface area (Å²) in [7, 11) is 0. The molecule has 0 aromatic heterocycles. The quantitative estimate of drug-likeness (QED) is 0.698. The van der Waals surface area contributed by atoms with E-state index in [1.54, 1.807) is 0 Å². The molecule has 21 heavy (non-hydrogen) atoms. The second-order valence-electron chi connectivity index (χ2n) is 5.81. The highest BCUT2D eigenvalue weighted by Crippen LogP contribution is 2.30. The minimum absolute atomic E-state index is 0.216. The smallest absolute Gasteiger partial charge is 0.0606 e. The number of hydrogen-bond acceptors (Lipinski definition) is 3. The van der Waals surface area contributed by atoms with Crippen molar-refractivity contribution in [2.45, 2.75) is 51.6 Å². The molecule has 4 heteroatoms. The summed E-state index contributed by atoms with van der Waals surface area (Å²) in [6.07, 6.45) is 6.27. The van der Waals surface area contributed by atoms with Crippen molar-refractivity contribution in [3.8, 4) is 0 Å². The van der Waals surface area contributed by atoms with E-state index < -0.39 is 0 Å². The SMILES string of the molecule is CCCNCc1ccc(N(CCO)C2CCCC2)cc1Br. The van der Waals surface area contributed by atoms with Gasteiger partial charge in [0.1, 0.15) is 0 Å². The van der Waals surface area contributed by atoms with E-state index >= 15 is 0 Å². The predicted molar refractivity (Wildman–Crippen MR) is 92.8 cm³/mol. The van der Waals surface area contributed by atoms with Gasteiger partial charge in [-0.05, 0) is 43.5 Å². The van der Waals surface area contributed by atoms with E-state index in [2.05, 4.69) is 51.3 Å². The Morgan fingerprint density at radius 2 is 2.10 bits per heavy atom. The number of benzene rings is 1. The van der Waals surface area contributed by atoms with Crippen LogP contribution in [0.5, 0.6) is 0 Å². The topological polar surface area (TPSA) is 35.5 Å². The van der Waals surface area contributed by atoms with E-state index in [0.29, 0.717) is 6.04 Å². The largest absolute Gasteiger partial charge is 0.395 e. The summed E-state index contributed by atoms with van der Waals surface area (Å²) >= 11 is 3.70. The molecule has 2 N–H and O–H groups in total. The number of rotatable bonds is 8. The summed E-state index contributed by atoms with van der Waals surface area (Å²) in [5.41, 5.74) is 2.52. The lowest BCUT2D eigenvalue weighted by molar-refractivity contribution is 0.297. The molecule has 0 unspecified atom stereocenters. The fraction of sp³-hybridized carbons (Fsp3) is 0.647. The van der Waals surface area contributed by atoms with Crippen molar-refractivity contribution in [3.05, 3.63) is 28.2 Å². The van der Waals surface area contributed by atoms with E-state index in [-0.39, 0.29) is 6.61 Å². The van der Waals surface area contributed by atoms with Crippen molar-refractivity contribution in [3.63, 3.8) is 0 Å². The molecule has 2 rings (SSSR count). The van der Waals surface area contributed by atoms with E-state index in [0.717, 1.165) is 30.5 Å². The zero-order chi connectivity index (χ0) is 15.1. The molecule has 0 aliphatic heterocycles. The molecule has 0 atom stereocenters. The molecule has 1 aliphatic carbocycles. The molecule has 1 aliphatic rings. The van der Waals surface area contributed by atoms with E-state index in [1.165, 1.54) is 36.9 Å². The summed E-state index contributed by atoms with van der Waals surface area (Å²) < 4.78 is 1.16. The Hall–Kier alpha value is -0.580. The molecule has 1 fully saturated rings. The molecular formula is C17H27BrN2O. The van der Waals surface area contributed by atoms with Gasteiger partial charge in [-0.2, -0.15) is 0 Å². The van der Waals surface area contributed by atoms with Gasteiger partial charge in [0.25, 0.3) is 0 Å². The van der Waals surface area contributed by atoms with E-state index in [1.807, 2.05) is 0 Å². The molecule has 118 valence electrons. The lowest BCUT2D eigenvalue weighted by Crippen LogP contribution is -2.35. The Bertz CT molecular complexity index is 433. The van der Waals surface area contributed by atoms with Gasteiger partial charge in [-0.25, -0.2) is 0 Å². The molecule has 0 heterocycles. The second kappa shape index (κ2) is 8.76. The summed E-state index contributed by atoms with van der Waals surface area (Å²) in [5.74, 6) is 0. The van der Waals surface area contributed by atoms with Crippen LogP contribution in [0.4, 0.5) is 5.69 Å². The van der Waals surface area contributed by atoms with Crippen LogP contribution in [-0.4, -0.2) is 30.8 Å². The van der Waals surface area contributed by atoms with Crippen LogP contribution in [0.3, 0.4) is 0 Å².